The zero-order chi connectivity index (χ0) is 16.6. The molecule has 0 heteroatoms. The smallest absolute Gasteiger partial charge is 0.00240 e. The van der Waals surface area contributed by atoms with Crippen molar-refractivity contribution in [2.75, 3.05) is 0 Å². The minimum atomic E-state index is 1.17. The van der Waals surface area contributed by atoms with Crippen LogP contribution >= 0.6 is 0 Å². The Bertz CT molecular complexity index is 987. The Hall–Kier alpha value is -2.08. The summed E-state index contributed by atoms with van der Waals surface area (Å²) in [6, 6.07) is 20.6. The van der Waals surface area contributed by atoms with E-state index >= 15 is 0 Å². The molecule has 0 aliphatic heterocycles. The van der Waals surface area contributed by atoms with E-state index in [4.69, 9.17) is 0 Å². The van der Waals surface area contributed by atoms with E-state index in [9.17, 15) is 0 Å². The van der Waals surface area contributed by atoms with Gasteiger partial charge in [0.05, 0.1) is 0 Å². The molecule has 4 aromatic carbocycles. The van der Waals surface area contributed by atoms with E-state index < -0.39 is 0 Å². The Morgan fingerprint density at radius 1 is 0.560 bits per heavy atom. The Morgan fingerprint density at radius 3 is 1.92 bits per heavy atom. The molecule has 0 amide bonds. The van der Waals surface area contributed by atoms with Crippen LogP contribution in [-0.4, -0.2) is 0 Å². The second-order valence-electron chi connectivity index (χ2n) is 7.78. The van der Waals surface area contributed by atoms with Gasteiger partial charge >= 0.3 is 0 Å². The van der Waals surface area contributed by atoms with Crippen LogP contribution in [0.25, 0.3) is 32.3 Å². The molecule has 1 radical (unpaired) electrons. The van der Waals surface area contributed by atoms with Crippen LogP contribution in [0.1, 0.15) is 50.5 Å². The first-order valence-electron chi connectivity index (χ1n) is 9.89. The van der Waals surface area contributed by atoms with Crippen molar-refractivity contribution in [2.24, 2.45) is 0 Å². The maximum atomic E-state index is 2.38. The van der Waals surface area contributed by atoms with Crippen LogP contribution in [0.2, 0.25) is 0 Å². The number of hydrogen-bond donors (Lipinski definition) is 0. The lowest BCUT2D eigenvalue weighted by atomic mass is 9.84. The zero-order valence-corrected chi connectivity index (χ0v) is 14.9. The fraction of sp³-hybridized carbons (Fsp3) is 0.320. The Morgan fingerprint density at radius 2 is 1.16 bits per heavy atom. The third-order valence-electron chi connectivity index (χ3n) is 6.12. The predicted octanol–water partition coefficient (Wildman–Crippen LogP) is 7.45. The van der Waals surface area contributed by atoms with Crippen molar-refractivity contribution >= 4 is 32.3 Å². The maximum absolute atomic E-state index is 2.38. The molecule has 0 spiro atoms. The molecule has 4 aromatic rings. The maximum Gasteiger partial charge on any atom is -0.00240 e. The van der Waals surface area contributed by atoms with Crippen molar-refractivity contribution in [2.45, 2.75) is 51.4 Å². The quantitative estimate of drug-likeness (QED) is 0.336. The van der Waals surface area contributed by atoms with Gasteiger partial charge in [0.15, 0.2) is 0 Å². The molecule has 0 atom stereocenters. The van der Waals surface area contributed by atoms with Gasteiger partial charge in [-0.15, -0.1) is 0 Å². The molecule has 1 fully saturated rings. The van der Waals surface area contributed by atoms with Gasteiger partial charge in [0.1, 0.15) is 0 Å². The van der Waals surface area contributed by atoms with E-state index in [1.54, 1.807) is 5.92 Å². The van der Waals surface area contributed by atoms with Gasteiger partial charge in [0.25, 0.3) is 0 Å². The molecular weight excluding hydrogens is 300 g/mol. The molecular formula is C25H25. The minimum Gasteiger partial charge on any atom is -0.0610 e. The molecule has 0 unspecified atom stereocenters. The lowest BCUT2D eigenvalue weighted by Crippen LogP contribution is -2.05. The number of benzene rings is 4. The highest BCUT2D eigenvalue weighted by molar-refractivity contribution is 6.23. The minimum absolute atomic E-state index is 1.17. The zero-order valence-electron chi connectivity index (χ0n) is 14.9. The van der Waals surface area contributed by atoms with Gasteiger partial charge in [-0.05, 0) is 63.1 Å². The van der Waals surface area contributed by atoms with Gasteiger partial charge in [-0.2, -0.15) is 0 Å². The molecule has 125 valence electrons. The molecule has 0 aromatic heterocycles. The summed E-state index contributed by atoms with van der Waals surface area (Å²) in [5.74, 6) is 1.77. The highest BCUT2D eigenvalue weighted by Gasteiger charge is 2.16. The van der Waals surface area contributed by atoms with Crippen molar-refractivity contribution < 1.29 is 0 Å². The fourth-order valence-electron chi connectivity index (χ4n) is 4.80. The molecule has 0 N–H and O–H groups in total. The van der Waals surface area contributed by atoms with Gasteiger partial charge in [-0.3, -0.25) is 0 Å². The van der Waals surface area contributed by atoms with Gasteiger partial charge in [0.2, 0.25) is 0 Å². The summed E-state index contributed by atoms with van der Waals surface area (Å²) in [5.41, 5.74) is 1.53. The molecule has 1 aliphatic rings. The highest BCUT2D eigenvalue weighted by Crippen LogP contribution is 2.37. The van der Waals surface area contributed by atoms with E-state index in [-0.39, 0.29) is 0 Å². The topological polar surface area (TPSA) is 0 Å². The van der Waals surface area contributed by atoms with E-state index in [0.29, 0.717) is 0 Å². The average molecular weight is 325 g/mol. The molecule has 0 bridgehead atoms. The number of hydrogen-bond acceptors (Lipinski definition) is 0. The van der Waals surface area contributed by atoms with Crippen LogP contribution in [0.5, 0.6) is 0 Å². The fourth-order valence-corrected chi connectivity index (χ4v) is 4.80. The first-order chi connectivity index (χ1) is 12.4. The highest BCUT2D eigenvalue weighted by atomic mass is 14.2. The van der Waals surface area contributed by atoms with Crippen molar-refractivity contribution in [3.05, 3.63) is 66.1 Å². The third-order valence-corrected chi connectivity index (χ3v) is 6.12. The van der Waals surface area contributed by atoms with Crippen molar-refractivity contribution in [1.82, 2.24) is 0 Å². The summed E-state index contributed by atoms with van der Waals surface area (Å²) in [6.07, 6.45) is 10.9. The second-order valence-corrected chi connectivity index (χ2v) is 7.78. The summed E-state index contributed by atoms with van der Waals surface area (Å²) < 4.78 is 0. The van der Waals surface area contributed by atoms with Gasteiger partial charge in [-0.1, -0.05) is 86.7 Å². The average Bonchev–Trinajstić information content (AvgIpc) is 2.63. The standard InChI is InChI=1S/C25H25/c1-2-4-7-18(8-5-3-1)17-22-14-13-21-12-11-19-9-6-10-20-15-16-23(22)25(21)24(19)20/h6,9-16H,1-5,7-8,17H2. The van der Waals surface area contributed by atoms with Crippen LogP contribution in [0.3, 0.4) is 0 Å². The first kappa shape index (κ1) is 15.2. The van der Waals surface area contributed by atoms with Crippen LogP contribution in [-0.2, 0) is 6.42 Å². The summed E-state index contributed by atoms with van der Waals surface area (Å²) in [6.45, 7) is 0. The Kier molecular flexibility index (Phi) is 3.85. The first-order valence-corrected chi connectivity index (χ1v) is 9.89. The summed E-state index contributed by atoms with van der Waals surface area (Å²) in [7, 11) is 0. The van der Waals surface area contributed by atoms with Gasteiger partial charge in [0, 0.05) is 0 Å². The molecule has 5 rings (SSSR count). The van der Waals surface area contributed by atoms with Gasteiger partial charge < -0.3 is 0 Å². The van der Waals surface area contributed by atoms with E-state index in [2.05, 4.69) is 54.6 Å². The van der Waals surface area contributed by atoms with Crippen LogP contribution in [0.4, 0.5) is 0 Å². The summed E-state index contributed by atoms with van der Waals surface area (Å²) in [4.78, 5) is 0. The van der Waals surface area contributed by atoms with E-state index in [1.165, 1.54) is 89.2 Å². The monoisotopic (exact) mass is 325 g/mol. The third kappa shape index (κ3) is 2.68. The Labute approximate surface area is 150 Å². The molecule has 1 saturated carbocycles. The molecule has 0 saturated heterocycles. The lowest BCUT2D eigenvalue weighted by Gasteiger charge is -2.21. The van der Waals surface area contributed by atoms with E-state index in [0.717, 1.165) is 0 Å². The summed E-state index contributed by atoms with van der Waals surface area (Å²) >= 11 is 0. The van der Waals surface area contributed by atoms with E-state index in [1.807, 2.05) is 0 Å². The Balaban J connectivity index is 1.63. The lowest BCUT2D eigenvalue weighted by molar-refractivity contribution is 0.517. The predicted molar refractivity (Wildman–Crippen MR) is 109 cm³/mol. The SMILES string of the molecule is c1cc2ccc3ccc(C[C]4CCCCCCC4)c4ccc(c1)c2c34. The molecule has 0 nitrogen and oxygen atoms in total. The molecule has 1 aliphatic carbocycles. The van der Waals surface area contributed by atoms with Crippen LogP contribution in [0.15, 0.2) is 54.6 Å². The van der Waals surface area contributed by atoms with Crippen LogP contribution < -0.4 is 0 Å². The van der Waals surface area contributed by atoms with Gasteiger partial charge in [-0.25, -0.2) is 0 Å². The molecule has 0 heterocycles. The normalized spacial score (nSPS) is 17.3. The van der Waals surface area contributed by atoms with Crippen molar-refractivity contribution in [3.63, 3.8) is 0 Å². The summed E-state index contributed by atoms with van der Waals surface area (Å²) in [5, 5.41) is 8.50. The molecule has 25 heavy (non-hydrogen) atoms. The number of rotatable bonds is 2. The van der Waals surface area contributed by atoms with Crippen molar-refractivity contribution in [1.29, 1.82) is 0 Å². The largest absolute Gasteiger partial charge is 0.0610 e. The van der Waals surface area contributed by atoms with Crippen LogP contribution in [0, 0.1) is 5.92 Å². The second kappa shape index (κ2) is 6.33. The van der Waals surface area contributed by atoms with Crippen molar-refractivity contribution in [3.8, 4) is 0 Å².